The number of pyridine rings is 1. The summed E-state index contributed by atoms with van der Waals surface area (Å²) in [6.45, 7) is 3.39. The Morgan fingerprint density at radius 3 is 2.20 bits per heavy atom. The summed E-state index contributed by atoms with van der Waals surface area (Å²) in [7, 11) is 0. The van der Waals surface area contributed by atoms with Gasteiger partial charge in [0.15, 0.2) is 0 Å². The Balaban J connectivity index is 0.000000242. The predicted molar refractivity (Wildman–Crippen MR) is 89.1 cm³/mol. The molecule has 1 aromatic rings. The molecule has 1 aromatic heterocycles. The number of nitrogens with one attached hydrogen (secondary N) is 1. The quantitative estimate of drug-likeness (QED) is 0.683. The Hall–Kier alpha value is -2.74. The van der Waals surface area contributed by atoms with E-state index < -0.39 is 11.9 Å². The molecule has 3 fully saturated rings. The average molecular weight is 347 g/mol. The van der Waals surface area contributed by atoms with Gasteiger partial charge in [-0.15, -0.1) is 0 Å². The summed E-state index contributed by atoms with van der Waals surface area (Å²) in [5.74, 6) is -1.89. The Bertz CT molecular complexity index is 623. The second-order valence-corrected chi connectivity index (χ2v) is 5.94. The summed E-state index contributed by atoms with van der Waals surface area (Å²) < 4.78 is 0. The smallest absolute Gasteiger partial charge is 0.328 e. The van der Waals surface area contributed by atoms with E-state index in [9.17, 15) is 14.4 Å². The maximum atomic E-state index is 12.0. The summed E-state index contributed by atoms with van der Waals surface area (Å²) in [6, 6.07) is 5.74. The van der Waals surface area contributed by atoms with Crippen molar-refractivity contribution < 1.29 is 24.6 Å². The molecule has 3 aliphatic rings. The summed E-state index contributed by atoms with van der Waals surface area (Å²) in [4.78, 5) is 37.6. The number of rotatable bonds is 4. The van der Waals surface area contributed by atoms with Gasteiger partial charge in [0.1, 0.15) is 5.69 Å². The molecule has 1 amide bonds. The number of amides is 1. The SMILES string of the molecule is O=C(NC1CN2CCC1CC2)c1ccccn1.O=C(O)C=CC(=O)O. The third kappa shape index (κ3) is 6.00. The maximum absolute atomic E-state index is 12.0. The van der Waals surface area contributed by atoms with Crippen LogP contribution in [0.2, 0.25) is 0 Å². The van der Waals surface area contributed by atoms with Gasteiger partial charge >= 0.3 is 11.9 Å². The third-order valence-electron chi connectivity index (χ3n) is 4.24. The van der Waals surface area contributed by atoms with Crippen molar-refractivity contribution in [3.8, 4) is 0 Å². The Kier molecular flexibility index (Phi) is 6.64. The van der Waals surface area contributed by atoms with Gasteiger partial charge in [0.25, 0.3) is 5.91 Å². The molecule has 0 saturated carbocycles. The summed E-state index contributed by atoms with van der Waals surface area (Å²) in [5, 5.41) is 18.7. The van der Waals surface area contributed by atoms with Crippen LogP contribution in [0.4, 0.5) is 0 Å². The predicted octanol–water partition coefficient (Wildman–Crippen LogP) is 0.617. The Morgan fingerprint density at radius 1 is 1.12 bits per heavy atom. The number of piperidine rings is 3. The number of carbonyl (C=O) groups excluding carboxylic acids is 1. The van der Waals surface area contributed by atoms with E-state index in [1.165, 1.54) is 25.9 Å². The standard InChI is InChI=1S/C13H17N3O.C4H4O4/c17-13(11-3-1-2-6-14-11)15-12-9-16-7-4-10(12)5-8-16;5-3(6)1-2-4(7)8/h1-3,6,10,12H,4-5,7-9H2,(H,15,17);1-2H,(H,5,6)(H,7,8). The lowest BCUT2D eigenvalue weighted by Crippen LogP contribution is -2.57. The molecule has 1 unspecified atom stereocenters. The lowest BCUT2D eigenvalue weighted by molar-refractivity contribution is -0.134. The topological polar surface area (TPSA) is 120 Å². The first-order valence-corrected chi connectivity index (χ1v) is 8.04. The van der Waals surface area contributed by atoms with Crippen LogP contribution in [0.5, 0.6) is 0 Å². The monoisotopic (exact) mass is 347 g/mol. The van der Waals surface area contributed by atoms with Crippen molar-refractivity contribution in [3.63, 3.8) is 0 Å². The molecule has 0 radical (unpaired) electrons. The lowest BCUT2D eigenvalue weighted by atomic mass is 9.84. The molecular formula is C17H21N3O5. The highest BCUT2D eigenvalue weighted by Gasteiger charge is 2.34. The van der Waals surface area contributed by atoms with Crippen molar-refractivity contribution in [2.75, 3.05) is 19.6 Å². The highest BCUT2D eigenvalue weighted by atomic mass is 16.4. The number of carboxylic acid groups (broad SMARTS) is 2. The van der Waals surface area contributed by atoms with Crippen molar-refractivity contribution in [2.45, 2.75) is 18.9 Å². The molecule has 4 rings (SSSR count). The number of carbonyl (C=O) groups is 3. The van der Waals surface area contributed by atoms with E-state index in [4.69, 9.17) is 10.2 Å². The number of carboxylic acids is 2. The summed E-state index contributed by atoms with van der Waals surface area (Å²) >= 11 is 0. The highest BCUT2D eigenvalue weighted by Crippen LogP contribution is 2.27. The molecule has 4 heterocycles. The first kappa shape index (κ1) is 18.6. The zero-order valence-corrected chi connectivity index (χ0v) is 13.7. The number of hydrogen-bond acceptors (Lipinski definition) is 5. The Labute approximate surface area is 145 Å². The minimum atomic E-state index is -1.26. The van der Waals surface area contributed by atoms with Gasteiger partial charge in [0.05, 0.1) is 0 Å². The second-order valence-electron chi connectivity index (χ2n) is 5.94. The van der Waals surface area contributed by atoms with Gasteiger partial charge < -0.3 is 20.4 Å². The molecule has 0 spiro atoms. The molecular weight excluding hydrogens is 326 g/mol. The highest BCUT2D eigenvalue weighted by molar-refractivity contribution is 5.92. The van der Waals surface area contributed by atoms with E-state index in [1.54, 1.807) is 12.3 Å². The fourth-order valence-electron chi connectivity index (χ4n) is 3.01. The molecule has 8 heteroatoms. The van der Waals surface area contributed by atoms with Crippen LogP contribution in [0.25, 0.3) is 0 Å². The first-order chi connectivity index (χ1) is 12.0. The van der Waals surface area contributed by atoms with Crippen molar-refractivity contribution in [1.29, 1.82) is 0 Å². The van der Waals surface area contributed by atoms with Gasteiger partial charge in [-0.3, -0.25) is 9.78 Å². The molecule has 0 aromatic carbocycles. The van der Waals surface area contributed by atoms with Gasteiger partial charge in [-0.05, 0) is 44.0 Å². The van der Waals surface area contributed by atoms with Gasteiger partial charge in [-0.2, -0.15) is 0 Å². The third-order valence-corrected chi connectivity index (χ3v) is 4.24. The summed E-state index contributed by atoms with van der Waals surface area (Å²) in [5.41, 5.74) is 0.518. The van der Waals surface area contributed by atoms with Gasteiger partial charge in [0.2, 0.25) is 0 Å². The van der Waals surface area contributed by atoms with Crippen LogP contribution in [0.15, 0.2) is 36.5 Å². The largest absolute Gasteiger partial charge is 0.478 e. The number of hydrogen-bond donors (Lipinski definition) is 3. The van der Waals surface area contributed by atoms with Crippen LogP contribution in [-0.2, 0) is 9.59 Å². The van der Waals surface area contributed by atoms with E-state index in [1.807, 2.05) is 12.1 Å². The number of aromatic nitrogens is 1. The lowest BCUT2D eigenvalue weighted by Gasteiger charge is -2.44. The normalized spacial score (nSPS) is 24.2. The zero-order valence-electron chi connectivity index (χ0n) is 13.7. The molecule has 25 heavy (non-hydrogen) atoms. The minimum Gasteiger partial charge on any atom is -0.478 e. The Morgan fingerprint density at radius 2 is 1.76 bits per heavy atom. The van der Waals surface area contributed by atoms with Crippen LogP contribution in [0.1, 0.15) is 23.3 Å². The molecule has 1 atom stereocenters. The van der Waals surface area contributed by atoms with E-state index in [0.717, 1.165) is 6.54 Å². The molecule has 8 nitrogen and oxygen atoms in total. The number of nitrogens with zero attached hydrogens (tertiary/aromatic N) is 2. The van der Waals surface area contributed by atoms with E-state index in [-0.39, 0.29) is 5.91 Å². The zero-order chi connectivity index (χ0) is 18.2. The molecule has 3 saturated heterocycles. The van der Waals surface area contributed by atoms with Crippen molar-refractivity contribution in [3.05, 3.63) is 42.2 Å². The van der Waals surface area contributed by atoms with Gasteiger partial charge in [-0.25, -0.2) is 9.59 Å². The van der Waals surface area contributed by atoms with Crippen LogP contribution in [0.3, 0.4) is 0 Å². The molecule has 0 aliphatic carbocycles. The summed E-state index contributed by atoms with van der Waals surface area (Å²) in [6.07, 6.45) is 5.20. The van der Waals surface area contributed by atoms with Crippen LogP contribution >= 0.6 is 0 Å². The van der Waals surface area contributed by atoms with Gasteiger partial charge in [-0.1, -0.05) is 6.07 Å². The molecule has 134 valence electrons. The van der Waals surface area contributed by atoms with Crippen LogP contribution in [-0.4, -0.2) is 63.6 Å². The molecule has 3 N–H and O–H groups in total. The fourth-order valence-corrected chi connectivity index (χ4v) is 3.01. The van der Waals surface area contributed by atoms with Gasteiger partial charge in [0, 0.05) is 30.9 Å². The molecule has 2 bridgehead atoms. The van der Waals surface area contributed by atoms with Crippen LogP contribution < -0.4 is 5.32 Å². The van der Waals surface area contributed by atoms with E-state index in [0.29, 0.717) is 29.8 Å². The van der Waals surface area contributed by atoms with E-state index in [2.05, 4.69) is 15.2 Å². The molecule has 3 aliphatic heterocycles. The van der Waals surface area contributed by atoms with Crippen LogP contribution in [0, 0.1) is 5.92 Å². The maximum Gasteiger partial charge on any atom is 0.328 e. The second kappa shape index (κ2) is 8.93. The van der Waals surface area contributed by atoms with Crippen molar-refractivity contribution in [1.82, 2.24) is 15.2 Å². The number of aliphatic carboxylic acids is 2. The van der Waals surface area contributed by atoms with Crippen molar-refractivity contribution in [2.24, 2.45) is 5.92 Å². The number of fused-ring (bicyclic) bond motifs is 3. The average Bonchev–Trinajstić information content (AvgIpc) is 2.62. The first-order valence-electron chi connectivity index (χ1n) is 8.04. The fraction of sp³-hybridized carbons (Fsp3) is 0.412. The van der Waals surface area contributed by atoms with E-state index >= 15 is 0 Å². The minimum absolute atomic E-state index is 0.0376. The van der Waals surface area contributed by atoms with Crippen molar-refractivity contribution >= 4 is 17.8 Å².